The Morgan fingerprint density at radius 2 is 1.66 bits per heavy atom. The number of hydrogen-bond acceptors (Lipinski definition) is 3. The summed E-state index contributed by atoms with van der Waals surface area (Å²) >= 11 is 0. The summed E-state index contributed by atoms with van der Waals surface area (Å²) in [6, 6.07) is 16.4. The second kappa shape index (κ2) is 8.90. The van der Waals surface area contributed by atoms with Crippen LogP contribution in [0.4, 0.5) is 10.5 Å². The van der Waals surface area contributed by atoms with Crippen LogP contribution in [-0.2, 0) is 16.0 Å². The smallest absolute Gasteiger partial charge is 0.332 e. The van der Waals surface area contributed by atoms with Gasteiger partial charge in [0.15, 0.2) is 0 Å². The van der Waals surface area contributed by atoms with E-state index in [4.69, 9.17) is 0 Å². The number of carbonyl (C=O) groups is 3. The molecular weight excluding hydrogens is 366 g/mol. The molecule has 0 radical (unpaired) electrons. The minimum absolute atomic E-state index is 0.0526. The highest BCUT2D eigenvalue weighted by molar-refractivity contribution is 6.13. The first-order chi connectivity index (χ1) is 13.8. The van der Waals surface area contributed by atoms with Gasteiger partial charge in [-0.05, 0) is 42.5 Å². The molecule has 1 atom stereocenters. The van der Waals surface area contributed by atoms with Gasteiger partial charge in [-0.15, -0.1) is 0 Å². The van der Waals surface area contributed by atoms with Crippen LogP contribution >= 0.6 is 0 Å². The lowest BCUT2D eigenvalue weighted by Crippen LogP contribution is -2.42. The van der Waals surface area contributed by atoms with E-state index in [9.17, 15) is 14.4 Å². The molecule has 0 aliphatic carbocycles. The van der Waals surface area contributed by atoms with Crippen LogP contribution in [0.3, 0.4) is 0 Å². The van der Waals surface area contributed by atoms with Crippen molar-refractivity contribution in [3.05, 3.63) is 65.7 Å². The van der Waals surface area contributed by atoms with Crippen molar-refractivity contribution < 1.29 is 14.4 Å². The molecule has 152 valence electrons. The molecule has 2 aromatic rings. The molecule has 0 saturated carbocycles. The van der Waals surface area contributed by atoms with Gasteiger partial charge >= 0.3 is 6.03 Å². The molecule has 1 fully saturated rings. The highest BCUT2D eigenvalue weighted by Gasteiger charge is 2.38. The van der Waals surface area contributed by atoms with Crippen LogP contribution in [-0.4, -0.2) is 35.8 Å². The number of para-hydroxylation sites is 1. The van der Waals surface area contributed by atoms with Gasteiger partial charge in [0.1, 0.15) is 13.1 Å². The summed E-state index contributed by atoms with van der Waals surface area (Å²) < 4.78 is 0. The van der Waals surface area contributed by atoms with E-state index in [0.717, 1.165) is 16.9 Å². The van der Waals surface area contributed by atoms with Crippen molar-refractivity contribution in [2.45, 2.75) is 33.2 Å². The summed E-state index contributed by atoms with van der Waals surface area (Å²) in [5.41, 5.74) is 2.89. The third-order valence-electron chi connectivity index (χ3n) is 4.93. The lowest BCUT2D eigenvalue weighted by atomic mass is 10.00. The molecule has 6 heteroatoms. The summed E-state index contributed by atoms with van der Waals surface area (Å²) in [7, 11) is 0. The maximum Gasteiger partial charge on any atom is 0.332 e. The maximum absolute atomic E-state index is 12.6. The minimum Gasteiger partial charge on any atom is -0.348 e. The van der Waals surface area contributed by atoms with E-state index in [1.54, 1.807) is 24.3 Å². The van der Waals surface area contributed by atoms with Gasteiger partial charge in [0.05, 0.1) is 6.04 Å². The van der Waals surface area contributed by atoms with Crippen LogP contribution in [0.15, 0.2) is 54.6 Å². The molecule has 0 bridgehead atoms. The second-order valence-electron chi connectivity index (χ2n) is 7.81. The number of anilines is 1. The monoisotopic (exact) mass is 393 g/mol. The minimum atomic E-state index is -0.470. The summed E-state index contributed by atoms with van der Waals surface area (Å²) in [6.45, 7) is 5.91. The first-order valence-electron chi connectivity index (χ1n) is 9.90. The zero-order valence-electron chi connectivity index (χ0n) is 17.1. The van der Waals surface area contributed by atoms with Crippen LogP contribution in [0.1, 0.15) is 37.9 Å². The number of hydrogen-bond donors (Lipinski definition) is 1. The lowest BCUT2D eigenvalue weighted by molar-refractivity contribution is -0.130. The van der Waals surface area contributed by atoms with E-state index in [1.165, 1.54) is 10.5 Å². The predicted molar refractivity (Wildman–Crippen MR) is 112 cm³/mol. The molecule has 4 amide bonds. The average molecular weight is 393 g/mol. The number of urea groups is 1. The van der Waals surface area contributed by atoms with Crippen molar-refractivity contribution in [3.8, 4) is 0 Å². The van der Waals surface area contributed by atoms with Crippen molar-refractivity contribution in [3.63, 3.8) is 0 Å². The Morgan fingerprint density at radius 3 is 2.28 bits per heavy atom. The topological polar surface area (TPSA) is 69.7 Å². The number of amides is 4. The first-order valence-corrected chi connectivity index (χ1v) is 9.90. The molecule has 1 heterocycles. The van der Waals surface area contributed by atoms with Gasteiger partial charge in [0, 0.05) is 5.69 Å². The summed E-state index contributed by atoms with van der Waals surface area (Å²) in [5, 5.41) is 2.88. The molecule has 6 nitrogen and oxygen atoms in total. The Hall–Kier alpha value is -3.15. The van der Waals surface area contributed by atoms with Crippen molar-refractivity contribution in [2.75, 3.05) is 18.0 Å². The number of nitrogens with one attached hydrogen (secondary N) is 1. The van der Waals surface area contributed by atoms with E-state index in [1.807, 2.05) is 25.1 Å². The lowest BCUT2D eigenvalue weighted by Gasteiger charge is -2.19. The van der Waals surface area contributed by atoms with E-state index in [2.05, 4.69) is 31.3 Å². The molecule has 1 unspecified atom stereocenters. The van der Waals surface area contributed by atoms with Crippen molar-refractivity contribution >= 4 is 23.5 Å². The highest BCUT2D eigenvalue weighted by Crippen LogP contribution is 2.21. The van der Waals surface area contributed by atoms with Crippen LogP contribution in [0.25, 0.3) is 0 Å². The first kappa shape index (κ1) is 20.6. The van der Waals surface area contributed by atoms with E-state index in [-0.39, 0.29) is 30.9 Å². The van der Waals surface area contributed by atoms with Gasteiger partial charge in [-0.3, -0.25) is 19.4 Å². The Balaban J connectivity index is 1.58. The molecule has 29 heavy (non-hydrogen) atoms. The second-order valence-corrected chi connectivity index (χ2v) is 7.81. The molecule has 1 N–H and O–H groups in total. The summed E-state index contributed by atoms with van der Waals surface area (Å²) in [6.07, 6.45) is 1.01. The number of carbonyl (C=O) groups excluding carboxylic acids is 3. The van der Waals surface area contributed by atoms with Crippen LogP contribution in [0.5, 0.6) is 0 Å². The summed E-state index contributed by atoms with van der Waals surface area (Å²) in [5.74, 6) is -0.149. The van der Waals surface area contributed by atoms with Crippen molar-refractivity contribution in [1.29, 1.82) is 0 Å². The van der Waals surface area contributed by atoms with Gasteiger partial charge < -0.3 is 5.32 Å². The quantitative estimate of drug-likeness (QED) is 0.732. The third-order valence-corrected chi connectivity index (χ3v) is 4.93. The number of nitrogens with zero attached hydrogens (tertiary/aromatic N) is 2. The van der Waals surface area contributed by atoms with E-state index < -0.39 is 6.03 Å². The molecule has 1 aliphatic heterocycles. The Labute approximate surface area is 171 Å². The molecule has 1 saturated heterocycles. The zero-order chi connectivity index (χ0) is 21.0. The molecular formula is C23H27N3O3. The maximum atomic E-state index is 12.6. The van der Waals surface area contributed by atoms with Gasteiger partial charge in [-0.1, -0.05) is 56.3 Å². The van der Waals surface area contributed by atoms with Crippen molar-refractivity contribution in [1.82, 2.24) is 10.2 Å². The SMILES string of the molecule is CC(C)Cc1ccc(C(C)NC(=O)CN2C(=O)CN(c3ccccc3)C2=O)cc1. The fourth-order valence-corrected chi connectivity index (χ4v) is 3.43. The van der Waals surface area contributed by atoms with E-state index >= 15 is 0 Å². The Morgan fingerprint density at radius 1 is 1.00 bits per heavy atom. The fraction of sp³-hybridized carbons (Fsp3) is 0.348. The fourth-order valence-electron chi connectivity index (χ4n) is 3.43. The molecule has 3 rings (SSSR count). The van der Waals surface area contributed by atoms with Crippen LogP contribution in [0.2, 0.25) is 0 Å². The molecule has 2 aromatic carbocycles. The van der Waals surface area contributed by atoms with Gasteiger partial charge in [-0.2, -0.15) is 0 Å². The van der Waals surface area contributed by atoms with Gasteiger partial charge in [0.25, 0.3) is 5.91 Å². The highest BCUT2D eigenvalue weighted by atomic mass is 16.2. The van der Waals surface area contributed by atoms with Gasteiger partial charge in [-0.25, -0.2) is 4.79 Å². The molecule has 0 aromatic heterocycles. The standard InChI is InChI=1S/C23H27N3O3/c1-16(2)13-18-9-11-19(12-10-18)17(3)24-21(27)14-26-22(28)15-25(23(26)29)20-7-5-4-6-8-20/h4-12,16-17H,13-15H2,1-3H3,(H,24,27). The largest absolute Gasteiger partial charge is 0.348 e. The third kappa shape index (κ3) is 5.02. The molecule has 0 spiro atoms. The van der Waals surface area contributed by atoms with E-state index in [0.29, 0.717) is 11.6 Å². The number of benzene rings is 2. The predicted octanol–water partition coefficient (Wildman–Crippen LogP) is 3.53. The summed E-state index contributed by atoms with van der Waals surface area (Å²) in [4.78, 5) is 39.7. The zero-order valence-corrected chi connectivity index (χ0v) is 17.1. The normalized spacial score (nSPS) is 15.2. The van der Waals surface area contributed by atoms with Crippen LogP contribution in [0, 0.1) is 5.92 Å². The average Bonchev–Trinajstić information content (AvgIpc) is 2.97. The number of rotatable bonds is 7. The Bertz CT molecular complexity index is 878. The Kier molecular flexibility index (Phi) is 6.32. The van der Waals surface area contributed by atoms with Crippen molar-refractivity contribution in [2.24, 2.45) is 5.92 Å². The molecule has 1 aliphatic rings. The van der Waals surface area contributed by atoms with Gasteiger partial charge in [0.2, 0.25) is 5.91 Å². The van der Waals surface area contributed by atoms with Crippen LogP contribution < -0.4 is 10.2 Å². The number of imide groups is 1.